The smallest absolute Gasteiger partial charge is 0.169 e. The number of nitrogens with zero attached hydrogens (tertiary/aromatic N) is 2. The van der Waals surface area contributed by atoms with Crippen molar-refractivity contribution in [1.82, 2.24) is 15.1 Å². The van der Waals surface area contributed by atoms with Gasteiger partial charge >= 0.3 is 0 Å². The number of benzene rings is 2. The van der Waals surface area contributed by atoms with Crippen molar-refractivity contribution in [3.8, 4) is 0 Å². The molecule has 0 saturated carbocycles. The van der Waals surface area contributed by atoms with Gasteiger partial charge in [-0.3, -0.25) is 4.90 Å². The quantitative estimate of drug-likeness (QED) is 0.846. The standard InChI is InChI=1S/C20H24FN3S/c1-16-5-7-17(8-6-16)14-22-20(25)24-11-9-23(10-12-24)15-18-3-2-4-19(21)13-18/h2-8,13H,9-12,14-15H2,1H3,(H,22,25). The van der Waals surface area contributed by atoms with Crippen LogP contribution in [0.2, 0.25) is 0 Å². The Labute approximate surface area is 154 Å². The zero-order valence-corrected chi connectivity index (χ0v) is 15.4. The van der Waals surface area contributed by atoms with Crippen LogP contribution in [0.4, 0.5) is 4.39 Å². The van der Waals surface area contributed by atoms with Crippen LogP contribution in [0, 0.1) is 12.7 Å². The number of halogens is 1. The molecule has 132 valence electrons. The third-order valence-electron chi connectivity index (χ3n) is 4.52. The van der Waals surface area contributed by atoms with Gasteiger partial charge in [0.05, 0.1) is 0 Å². The van der Waals surface area contributed by atoms with E-state index in [0.717, 1.165) is 49.9 Å². The molecule has 2 aromatic rings. The van der Waals surface area contributed by atoms with Crippen LogP contribution in [0.15, 0.2) is 48.5 Å². The number of rotatable bonds is 4. The van der Waals surface area contributed by atoms with E-state index in [4.69, 9.17) is 12.2 Å². The lowest BCUT2D eigenvalue weighted by molar-refractivity contribution is 0.174. The van der Waals surface area contributed by atoms with Crippen LogP contribution in [-0.2, 0) is 13.1 Å². The van der Waals surface area contributed by atoms with E-state index >= 15 is 0 Å². The summed E-state index contributed by atoms with van der Waals surface area (Å²) in [5.41, 5.74) is 3.52. The first-order valence-electron chi connectivity index (χ1n) is 8.65. The van der Waals surface area contributed by atoms with Gasteiger partial charge in [0.15, 0.2) is 5.11 Å². The number of hydrogen-bond donors (Lipinski definition) is 1. The maximum atomic E-state index is 13.3. The van der Waals surface area contributed by atoms with Crippen LogP contribution in [-0.4, -0.2) is 41.1 Å². The fraction of sp³-hybridized carbons (Fsp3) is 0.350. The van der Waals surface area contributed by atoms with E-state index in [1.165, 1.54) is 17.2 Å². The molecule has 0 bridgehead atoms. The normalized spacial score (nSPS) is 15.2. The van der Waals surface area contributed by atoms with Crippen molar-refractivity contribution < 1.29 is 4.39 Å². The van der Waals surface area contributed by atoms with E-state index in [-0.39, 0.29) is 5.82 Å². The highest BCUT2D eigenvalue weighted by atomic mass is 32.1. The molecule has 1 aliphatic heterocycles. The lowest BCUT2D eigenvalue weighted by Gasteiger charge is -2.36. The Kier molecular flexibility index (Phi) is 6.00. The van der Waals surface area contributed by atoms with Gasteiger partial charge in [0.25, 0.3) is 0 Å². The molecular weight excluding hydrogens is 333 g/mol. The molecule has 1 N–H and O–H groups in total. The molecule has 0 aromatic heterocycles. The van der Waals surface area contributed by atoms with Crippen molar-refractivity contribution >= 4 is 17.3 Å². The third-order valence-corrected chi connectivity index (χ3v) is 4.92. The van der Waals surface area contributed by atoms with Gasteiger partial charge in [-0.15, -0.1) is 0 Å². The summed E-state index contributed by atoms with van der Waals surface area (Å²) in [6.07, 6.45) is 0. The highest BCUT2D eigenvalue weighted by Gasteiger charge is 2.18. The molecule has 1 aliphatic rings. The maximum Gasteiger partial charge on any atom is 0.169 e. The summed E-state index contributed by atoms with van der Waals surface area (Å²) in [4.78, 5) is 4.56. The Morgan fingerprint density at radius 3 is 2.44 bits per heavy atom. The predicted octanol–water partition coefficient (Wildman–Crippen LogP) is 3.33. The number of aryl methyl sites for hydroxylation is 1. The summed E-state index contributed by atoms with van der Waals surface area (Å²) < 4.78 is 13.3. The summed E-state index contributed by atoms with van der Waals surface area (Å²) in [5, 5.41) is 4.16. The Hall–Kier alpha value is -1.98. The van der Waals surface area contributed by atoms with Crippen molar-refractivity contribution in [1.29, 1.82) is 0 Å². The second kappa shape index (κ2) is 8.41. The van der Waals surface area contributed by atoms with Crippen molar-refractivity contribution in [2.24, 2.45) is 0 Å². The Morgan fingerprint density at radius 2 is 1.76 bits per heavy atom. The van der Waals surface area contributed by atoms with Gasteiger partial charge in [0, 0.05) is 39.3 Å². The van der Waals surface area contributed by atoms with Crippen LogP contribution in [0.3, 0.4) is 0 Å². The lowest BCUT2D eigenvalue weighted by Crippen LogP contribution is -2.51. The molecule has 3 rings (SSSR count). The molecule has 0 radical (unpaired) electrons. The minimum Gasteiger partial charge on any atom is -0.358 e. The van der Waals surface area contributed by atoms with Crippen molar-refractivity contribution in [2.45, 2.75) is 20.0 Å². The van der Waals surface area contributed by atoms with Crippen LogP contribution < -0.4 is 5.32 Å². The van der Waals surface area contributed by atoms with E-state index < -0.39 is 0 Å². The van der Waals surface area contributed by atoms with E-state index in [0.29, 0.717) is 0 Å². The first-order chi connectivity index (χ1) is 12.1. The minimum absolute atomic E-state index is 0.169. The molecule has 2 aromatic carbocycles. The van der Waals surface area contributed by atoms with E-state index in [2.05, 4.69) is 46.3 Å². The Bertz CT molecular complexity index is 709. The first-order valence-corrected chi connectivity index (χ1v) is 9.06. The number of nitrogens with one attached hydrogen (secondary N) is 1. The third kappa shape index (κ3) is 5.25. The Balaban J connectivity index is 1.43. The average Bonchev–Trinajstić information content (AvgIpc) is 2.62. The monoisotopic (exact) mass is 357 g/mol. The van der Waals surface area contributed by atoms with Crippen molar-refractivity contribution in [2.75, 3.05) is 26.2 Å². The molecule has 5 heteroatoms. The molecule has 1 saturated heterocycles. The maximum absolute atomic E-state index is 13.3. The predicted molar refractivity (Wildman–Crippen MR) is 104 cm³/mol. The van der Waals surface area contributed by atoms with Gasteiger partial charge in [0.2, 0.25) is 0 Å². The SMILES string of the molecule is Cc1ccc(CNC(=S)N2CCN(Cc3cccc(F)c3)CC2)cc1. The van der Waals surface area contributed by atoms with Gasteiger partial charge in [-0.25, -0.2) is 4.39 Å². The van der Waals surface area contributed by atoms with Gasteiger partial charge in [0.1, 0.15) is 5.82 Å². The van der Waals surface area contributed by atoms with Gasteiger partial charge < -0.3 is 10.2 Å². The second-order valence-corrected chi connectivity index (χ2v) is 6.92. The molecule has 25 heavy (non-hydrogen) atoms. The summed E-state index contributed by atoms with van der Waals surface area (Å²) >= 11 is 5.53. The van der Waals surface area contributed by atoms with Gasteiger partial charge in [-0.1, -0.05) is 42.0 Å². The summed E-state index contributed by atoms with van der Waals surface area (Å²) in [5.74, 6) is -0.169. The highest BCUT2D eigenvalue weighted by Crippen LogP contribution is 2.10. The van der Waals surface area contributed by atoms with Gasteiger partial charge in [-0.05, 0) is 42.4 Å². The lowest BCUT2D eigenvalue weighted by atomic mass is 10.1. The molecular formula is C20H24FN3S. The molecule has 0 aliphatic carbocycles. The first kappa shape index (κ1) is 17.8. The van der Waals surface area contributed by atoms with E-state index in [1.807, 2.05) is 6.07 Å². The minimum atomic E-state index is -0.169. The van der Waals surface area contributed by atoms with Crippen LogP contribution in [0.1, 0.15) is 16.7 Å². The molecule has 0 atom stereocenters. The molecule has 1 heterocycles. The van der Waals surface area contributed by atoms with Crippen molar-refractivity contribution in [3.63, 3.8) is 0 Å². The number of hydrogen-bond acceptors (Lipinski definition) is 2. The number of thiocarbonyl (C=S) groups is 1. The molecule has 3 nitrogen and oxygen atoms in total. The largest absolute Gasteiger partial charge is 0.358 e. The van der Waals surface area contributed by atoms with Crippen molar-refractivity contribution in [3.05, 3.63) is 71.0 Å². The van der Waals surface area contributed by atoms with Gasteiger partial charge in [-0.2, -0.15) is 0 Å². The summed E-state index contributed by atoms with van der Waals surface area (Å²) in [6, 6.07) is 15.3. The topological polar surface area (TPSA) is 18.5 Å². The van der Waals surface area contributed by atoms with Crippen LogP contribution in [0.5, 0.6) is 0 Å². The fourth-order valence-corrected chi connectivity index (χ4v) is 3.25. The van der Waals surface area contributed by atoms with E-state index in [1.54, 1.807) is 12.1 Å². The number of piperazine rings is 1. The fourth-order valence-electron chi connectivity index (χ4n) is 3.00. The highest BCUT2D eigenvalue weighted by molar-refractivity contribution is 7.80. The summed E-state index contributed by atoms with van der Waals surface area (Å²) in [6.45, 7) is 7.29. The molecule has 0 amide bonds. The Morgan fingerprint density at radius 1 is 1.04 bits per heavy atom. The molecule has 0 spiro atoms. The van der Waals surface area contributed by atoms with Crippen LogP contribution >= 0.6 is 12.2 Å². The zero-order chi connectivity index (χ0) is 17.6. The zero-order valence-electron chi connectivity index (χ0n) is 14.5. The average molecular weight is 357 g/mol. The summed E-state index contributed by atoms with van der Waals surface area (Å²) in [7, 11) is 0. The van der Waals surface area contributed by atoms with E-state index in [9.17, 15) is 4.39 Å². The molecule has 0 unspecified atom stereocenters. The second-order valence-electron chi connectivity index (χ2n) is 6.54. The molecule has 1 fully saturated rings. The van der Waals surface area contributed by atoms with Crippen LogP contribution in [0.25, 0.3) is 0 Å².